The summed E-state index contributed by atoms with van der Waals surface area (Å²) in [6, 6.07) is 16.9. The number of carbonyl (C=O) groups excluding carboxylic acids is 2. The zero-order valence-corrected chi connectivity index (χ0v) is 16.8. The van der Waals surface area contributed by atoms with Gasteiger partial charge in [0.25, 0.3) is 11.8 Å². The average molecular weight is 441 g/mol. The van der Waals surface area contributed by atoms with Gasteiger partial charge in [-0.15, -0.1) is 0 Å². The Labute approximate surface area is 180 Å². The number of aromatic amines is 1. The number of benzene rings is 3. The van der Waals surface area contributed by atoms with E-state index in [-0.39, 0.29) is 11.5 Å². The lowest BCUT2D eigenvalue weighted by molar-refractivity contribution is 0.0706. The van der Waals surface area contributed by atoms with Crippen molar-refractivity contribution in [3.8, 4) is 11.1 Å². The number of hydroxylamine groups is 1. The molecule has 9 heteroatoms. The van der Waals surface area contributed by atoms with E-state index in [1.165, 1.54) is 24.3 Å². The summed E-state index contributed by atoms with van der Waals surface area (Å²) in [6.07, 6.45) is 0. The highest BCUT2D eigenvalue weighted by Crippen LogP contribution is 2.31. The number of aromatic nitrogens is 2. The molecule has 4 rings (SSSR count). The fraction of sp³-hybridized carbons (Fsp3) is 0. The number of nitrogens with one attached hydrogen (secondary N) is 3. The number of carbonyl (C=O) groups is 2. The molecule has 0 radical (unpaired) electrons. The van der Waals surface area contributed by atoms with Gasteiger partial charge in [-0.25, -0.2) is 5.48 Å². The second-order valence-corrected chi connectivity index (χ2v) is 7.25. The number of hydrogen-bond donors (Lipinski definition) is 4. The predicted molar refractivity (Wildman–Crippen MR) is 115 cm³/mol. The average Bonchev–Trinajstić information content (AvgIpc) is 3.17. The van der Waals surface area contributed by atoms with Crippen LogP contribution in [0.1, 0.15) is 20.7 Å². The number of rotatable bonds is 4. The summed E-state index contributed by atoms with van der Waals surface area (Å²) in [5.41, 5.74) is 4.67. The van der Waals surface area contributed by atoms with Crippen molar-refractivity contribution in [1.82, 2.24) is 15.7 Å². The van der Waals surface area contributed by atoms with Gasteiger partial charge in [0.2, 0.25) is 0 Å². The molecule has 0 saturated heterocycles. The number of fused-ring (bicyclic) bond motifs is 1. The van der Waals surface area contributed by atoms with Crippen molar-refractivity contribution in [3.63, 3.8) is 0 Å². The molecule has 150 valence electrons. The molecule has 0 fully saturated rings. The van der Waals surface area contributed by atoms with E-state index in [1.54, 1.807) is 17.6 Å². The summed E-state index contributed by atoms with van der Waals surface area (Å²) in [7, 11) is 0. The third kappa shape index (κ3) is 3.86. The molecule has 0 unspecified atom stereocenters. The number of halogens is 2. The second kappa shape index (κ2) is 8.16. The minimum absolute atomic E-state index is 0.231. The van der Waals surface area contributed by atoms with E-state index in [0.717, 1.165) is 22.0 Å². The molecule has 0 spiro atoms. The summed E-state index contributed by atoms with van der Waals surface area (Å²) >= 11 is 12.1. The lowest BCUT2D eigenvalue weighted by Crippen LogP contribution is -2.19. The van der Waals surface area contributed by atoms with Crippen molar-refractivity contribution in [1.29, 1.82) is 0 Å². The van der Waals surface area contributed by atoms with Gasteiger partial charge < -0.3 is 5.32 Å². The maximum Gasteiger partial charge on any atom is 0.274 e. The van der Waals surface area contributed by atoms with Gasteiger partial charge in [0, 0.05) is 16.5 Å². The van der Waals surface area contributed by atoms with Crippen LogP contribution in [0.15, 0.2) is 60.7 Å². The highest BCUT2D eigenvalue weighted by molar-refractivity contribution is 6.42. The van der Waals surface area contributed by atoms with Crippen molar-refractivity contribution in [2.75, 3.05) is 5.32 Å². The Balaban J connectivity index is 1.57. The van der Waals surface area contributed by atoms with Crippen LogP contribution >= 0.6 is 23.2 Å². The Morgan fingerprint density at radius 2 is 1.47 bits per heavy atom. The number of hydrogen-bond acceptors (Lipinski definition) is 4. The topological polar surface area (TPSA) is 107 Å². The molecule has 2 amide bonds. The Kier molecular flexibility index (Phi) is 5.41. The first-order chi connectivity index (χ1) is 14.5. The minimum atomic E-state index is -0.655. The second-order valence-electron chi connectivity index (χ2n) is 6.43. The summed E-state index contributed by atoms with van der Waals surface area (Å²) < 4.78 is 0. The first-order valence-corrected chi connectivity index (χ1v) is 9.51. The lowest BCUT2D eigenvalue weighted by Gasteiger charge is -2.05. The van der Waals surface area contributed by atoms with E-state index in [2.05, 4.69) is 15.5 Å². The van der Waals surface area contributed by atoms with E-state index < -0.39 is 5.91 Å². The molecule has 0 aliphatic rings. The first kappa shape index (κ1) is 19.9. The van der Waals surface area contributed by atoms with Crippen molar-refractivity contribution < 1.29 is 14.8 Å². The predicted octanol–water partition coefficient (Wildman–Crippen LogP) is 4.91. The van der Waals surface area contributed by atoms with Crippen LogP contribution in [-0.4, -0.2) is 27.2 Å². The van der Waals surface area contributed by atoms with Gasteiger partial charge in [0.05, 0.1) is 15.6 Å². The molecule has 0 saturated carbocycles. The van der Waals surface area contributed by atoms with Crippen LogP contribution < -0.4 is 10.8 Å². The van der Waals surface area contributed by atoms with Crippen LogP contribution in [0.3, 0.4) is 0 Å². The Morgan fingerprint density at radius 1 is 0.833 bits per heavy atom. The summed E-state index contributed by atoms with van der Waals surface area (Å²) in [6.45, 7) is 0. The number of nitrogens with zero attached hydrogens (tertiary/aromatic N) is 1. The Bertz CT molecular complexity index is 1270. The quantitative estimate of drug-likeness (QED) is 0.267. The molecule has 4 N–H and O–H groups in total. The first-order valence-electron chi connectivity index (χ1n) is 8.75. The van der Waals surface area contributed by atoms with E-state index in [1.807, 2.05) is 24.3 Å². The smallest absolute Gasteiger partial charge is 0.274 e. The number of amides is 2. The molecular weight excluding hydrogens is 427 g/mol. The van der Waals surface area contributed by atoms with E-state index in [9.17, 15) is 9.59 Å². The van der Waals surface area contributed by atoms with E-state index >= 15 is 0 Å². The van der Waals surface area contributed by atoms with Crippen LogP contribution in [0.5, 0.6) is 0 Å². The fourth-order valence-corrected chi connectivity index (χ4v) is 3.29. The highest BCUT2D eigenvalue weighted by atomic mass is 35.5. The number of anilines is 1. The molecule has 3 aromatic carbocycles. The van der Waals surface area contributed by atoms with Gasteiger partial charge in [0.1, 0.15) is 0 Å². The zero-order chi connectivity index (χ0) is 21.3. The molecule has 0 atom stereocenters. The molecule has 0 aliphatic carbocycles. The van der Waals surface area contributed by atoms with Crippen molar-refractivity contribution in [2.45, 2.75) is 0 Å². The Hall–Kier alpha value is -3.39. The van der Waals surface area contributed by atoms with Gasteiger partial charge in [-0.3, -0.25) is 19.9 Å². The standard InChI is InChI=1S/C21H14Cl2N4O3/c22-16-8-6-13(9-17(16)23)14-5-7-15-18(10-14)25-26-19(15)24-20(28)11-1-3-12(4-2-11)21(29)27-30/h1-10,30H,(H,27,29)(H2,24,25,26,28). The zero-order valence-electron chi connectivity index (χ0n) is 15.2. The summed E-state index contributed by atoms with van der Waals surface area (Å²) in [4.78, 5) is 23.9. The minimum Gasteiger partial charge on any atom is -0.305 e. The van der Waals surface area contributed by atoms with Crippen LogP contribution in [0, 0.1) is 0 Å². The Morgan fingerprint density at radius 3 is 2.13 bits per heavy atom. The van der Waals surface area contributed by atoms with Crippen LogP contribution in [0.2, 0.25) is 10.0 Å². The van der Waals surface area contributed by atoms with Crippen LogP contribution in [0.4, 0.5) is 5.82 Å². The molecule has 1 aromatic heterocycles. The molecule has 7 nitrogen and oxygen atoms in total. The fourth-order valence-electron chi connectivity index (χ4n) is 2.99. The molecule has 0 aliphatic heterocycles. The van der Waals surface area contributed by atoms with Crippen molar-refractivity contribution in [3.05, 3.63) is 81.8 Å². The van der Waals surface area contributed by atoms with Gasteiger partial charge in [0.15, 0.2) is 5.82 Å². The van der Waals surface area contributed by atoms with Gasteiger partial charge in [-0.1, -0.05) is 35.3 Å². The normalized spacial score (nSPS) is 10.8. The maximum atomic E-state index is 12.5. The third-order valence-electron chi connectivity index (χ3n) is 4.56. The molecule has 30 heavy (non-hydrogen) atoms. The van der Waals surface area contributed by atoms with E-state index in [4.69, 9.17) is 28.4 Å². The molecular formula is C21H14Cl2N4O3. The van der Waals surface area contributed by atoms with E-state index in [0.29, 0.717) is 21.4 Å². The monoisotopic (exact) mass is 440 g/mol. The van der Waals surface area contributed by atoms with Crippen LogP contribution in [0.25, 0.3) is 22.0 Å². The van der Waals surface area contributed by atoms with Gasteiger partial charge in [-0.05, 0) is 59.7 Å². The third-order valence-corrected chi connectivity index (χ3v) is 5.30. The lowest BCUT2D eigenvalue weighted by atomic mass is 10.0. The molecule has 4 aromatic rings. The van der Waals surface area contributed by atoms with Gasteiger partial charge in [-0.2, -0.15) is 5.10 Å². The molecule has 1 heterocycles. The maximum absolute atomic E-state index is 12.5. The largest absolute Gasteiger partial charge is 0.305 e. The molecule has 0 bridgehead atoms. The summed E-state index contributed by atoms with van der Waals surface area (Å²) in [5, 5.41) is 20.2. The number of H-pyrrole nitrogens is 1. The summed E-state index contributed by atoms with van der Waals surface area (Å²) in [5.74, 6) is -0.654. The van der Waals surface area contributed by atoms with Crippen molar-refractivity contribution >= 4 is 51.7 Å². The van der Waals surface area contributed by atoms with Crippen molar-refractivity contribution in [2.24, 2.45) is 0 Å². The SMILES string of the molecule is O=C(NO)c1ccc(C(=O)Nc2n[nH]c3cc(-c4ccc(Cl)c(Cl)c4)ccc23)cc1. The van der Waals surface area contributed by atoms with Crippen LogP contribution in [-0.2, 0) is 0 Å². The highest BCUT2D eigenvalue weighted by Gasteiger charge is 2.13. The van der Waals surface area contributed by atoms with Gasteiger partial charge >= 0.3 is 0 Å².